The molecule has 0 radical (unpaired) electrons. The smallest absolute Gasteiger partial charge is 0.241 e. The van der Waals surface area contributed by atoms with E-state index in [1.807, 2.05) is 20.8 Å². The van der Waals surface area contributed by atoms with Crippen LogP contribution in [-0.4, -0.2) is 27.6 Å². The van der Waals surface area contributed by atoms with Crippen LogP contribution < -0.4 is 15.2 Å². The summed E-state index contributed by atoms with van der Waals surface area (Å²) in [5.41, 5.74) is 6.63. The van der Waals surface area contributed by atoms with Crippen LogP contribution in [0.2, 0.25) is 0 Å². The minimum Gasteiger partial charge on any atom is -0.496 e. The number of methoxy groups -OCH3 is 1. The molecule has 0 saturated heterocycles. The molecule has 0 amide bonds. The molecule has 0 fully saturated rings. The lowest BCUT2D eigenvalue weighted by atomic mass is 9.95. The summed E-state index contributed by atoms with van der Waals surface area (Å²) < 4.78 is 33.4. The van der Waals surface area contributed by atoms with Gasteiger partial charge in [0.05, 0.1) is 12.0 Å². The van der Waals surface area contributed by atoms with Crippen molar-refractivity contribution in [2.45, 2.75) is 51.0 Å². The average Bonchev–Trinajstić information content (AvgIpc) is 2.46. The Kier molecular flexibility index (Phi) is 5.78. The number of hydrogen-bond donors (Lipinski definition) is 2. The van der Waals surface area contributed by atoms with Gasteiger partial charge in [-0.25, -0.2) is 13.1 Å². The van der Waals surface area contributed by atoms with Crippen molar-refractivity contribution >= 4 is 10.0 Å². The van der Waals surface area contributed by atoms with Crippen LogP contribution in [0.1, 0.15) is 37.8 Å². The van der Waals surface area contributed by atoms with Gasteiger partial charge in [-0.1, -0.05) is 13.8 Å². The predicted octanol–water partition coefficient (Wildman–Crippen LogP) is 2.11. The topological polar surface area (TPSA) is 81.4 Å². The maximum Gasteiger partial charge on any atom is 0.241 e. The van der Waals surface area contributed by atoms with Crippen molar-refractivity contribution in [3.8, 4) is 5.75 Å². The van der Waals surface area contributed by atoms with Crippen LogP contribution >= 0.6 is 0 Å². The van der Waals surface area contributed by atoms with Crippen molar-refractivity contribution in [3.63, 3.8) is 0 Å². The molecule has 0 aliphatic heterocycles. The van der Waals surface area contributed by atoms with E-state index in [1.54, 1.807) is 26.2 Å². The van der Waals surface area contributed by atoms with Crippen LogP contribution in [0.4, 0.5) is 0 Å². The first-order valence-electron chi connectivity index (χ1n) is 7.14. The van der Waals surface area contributed by atoms with E-state index in [-0.39, 0.29) is 11.4 Å². The van der Waals surface area contributed by atoms with Crippen LogP contribution in [0.3, 0.4) is 0 Å². The molecule has 1 aromatic rings. The number of nitrogens with one attached hydrogen (secondary N) is 1. The fourth-order valence-corrected chi connectivity index (χ4v) is 4.20. The lowest BCUT2D eigenvalue weighted by molar-refractivity contribution is 0.363. The maximum atomic E-state index is 12.7. The van der Waals surface area contributed by atoms with Crippen molar-refractivity contribution < 1.29 is 13.2 Å². The van der Waals surface area contributed by atoms with Gasteiger partial charge < -0.3 is 10.5 Å². The summed E-state index contributed by atoms with van der Waals surface area (Å²) in [5, 5.41) is 0. The lowest BCUT2D eigenvalue weighted by Crippen LogP contribution is -2.52. The number of rotatable bonds is 7. The first-order valence-corrected chi connectivity index (χ1v) is 8.62. The van der Waals surface area contributed by atoms with Gasteiger partial charge in [-0.2, -0.15) is 0 Å². The van der Waals surface area contributed by atoms with E-state index < -0.39 is 15.6 Å². The van der Waals surface area contributed by atoms with Gasteiger partial charge in [0.25, 0.3) is 0 Å². The monoisotopic (exact) mass is 314 g/mol. The number of aryl methyl sites for hydroxylation is 2. The molecule has 0 saturated carbocycles. The highest BCUT2D eigenvalue weighted by atomic mass is 32.2. The first kappa shape index (κ1) is 17.9. The highest BCUT2D eigenvalue weighted by Crippen LogP contribution is 2.27. The summed E-state index contributed by atoms with van der Waals surface area (Å²) >= 11 is 0. The fourth-order valence-electron chi connectivity index (χ4n) is 2.34. The molecular weight excluding hydrogens is 288 g/mol. The number of nitrogens with two attached hydrogens (primary N) is 1. The zero-order chi connectivity index (χ0) is 16.3. The quantitative estimate of drug-likeness (QED) is 0.807. The second kappa shape index (κ2) is 6.77. The molecule has 1 rings (SSSR count). The number of hydrogen-bond acceptors (Lipinski definition) is 4. The molecule has 1 aromatic carbocycles. The molecule has 0 aliphatic rings. The molecule has 0 bridgehead atoms. The zero-order valence-electron chi connectivity index (χ0n) is 13.5. The molecule has 5 nitrogen and oxygen atoms in total. The highest BCUT2D eigenvalue weighted by Gasteiger charge is 2.31. The van der Waals surface area contributed by atoms with Gasteiger partial charge in [-0.3, -0.25) is 0 Å². The van der Waals surface area contributed by atoms with Gasteiger partial charge in [0.1, 0.15) is 5.75 Å². The normalized spacial score (nSPS) is 12.5. The Morgan fingerprint density at radius 2 is 1.76 bits per heavy atom. The van der Waals surface area contributed by atoms with Crippen LogP contribution in [0.15, 0.2) is 17.0 Å². The summed E-state index contributed by atoms with van der Waals surface area (Å²) in [7, 11) is -2.05. The van der Waals surface area contributed by atoms with E-state index in [2.05, 4.69) is 4.72 Å². The Hall–Kier alpha value is -1.11. The molecule has 0 aliphatic carbocycles. The van der Waals surface area contributed by atoms with Crippen molar-refractivity contribution in [1.82, 2.24) is 4.72 Å². The van der Waals surface area contributed by atoms with Crippen molar-refractivity contribution in [2.75, 3.05) is 13.7 Å². The summed E-state index contributed by atoms with van der Waals surface area (Å²) in [4.78, 5) is 0.278. The van der Waals surface area contributed by atoms with Crippen LogP contribution in [-0.2, 0) is 10.0 Å². The van der Waals surface area contributed by atoms with Crippen molar-refractivity contribution in [3.05, 3.63) is 23.3 Å². The molecule has 0 aromatic heterocycles. The third kappa shape index (κ3) is 3.75. The zero-order valence-corrected chi connectivity index (χ0v) is 14.3. The highest BCUT2D eigenvalue weighted by molar-refractivity contribution is 7.89. The lowest BCUT2D eigenvalue weighted by Gasteiger charge is -2.31. The van der Waals surface area contributed by atoms with Crippen molar-refractivity contribution in [2.24, 2.45) is 5.73 Å². The second-order valence-corrected chi connectivity index (χ2v) is 7.04. The summed E-state index contributed by atoms with van der Waals surface area (Å²) in [6.07, 6.45) is 1.29. The van der Waals surface area contributed by atoms with E-state index >= 15 is 0 Å². The molecule has 0 heterocycles. The standard InChI is InChI=1S/C15H26N2O3S/c1-6-15(7-2,10-16)17-21(18,19)14-9-11(3)13(20-5)8-12(14)4/h8-9,17H,6-7,10,16H2,1-5H3. The summed E-state index contributed by atoms with van der Waals surface area (Å²) in [5.74, 6) is 0.683. The maximum absolute atomic E-state index is 12.7. The fraction of sp³-hybridized carbons (Fsp3) is 0.600. The SMILES string of the molecule is CCC(CC)(CN)NS(=O)(=O)c1cc(C)c(OC)cc1C. The summed E-state index contributed by atoms with van der Waals surface area (Å²) in [6.45, 7) is 7.73. The third-order valence-corrected chi connectivity index (χ3v) is 5.80. The third-order valence-electron chi connectivity index (χ3n) is 4.08. The van der Waals surface area contributed by atoms with Crippen LogP contribution in [0.25, 0.3) is 0 Å². The van der Waals surface area contributed by atoms with Crippen LogP contribution in [0, 0.1) is 13.8 Å². The molecule has 0 unspecified atom stereocenters. The van der Waals surface area contributed by atoms with Gasteiger partial charge >= 0.3 is 0 Å². The van der Waals surface area contributed by atoms with Crippen molar-refractivity contribution in [1.29, 1.82) is 0 Å². The first-order chi connectivity index (χ1) is 9.75. The van der Waals surface area contributed by atoms with Gasteiger partial charge in [0.15, 0.2) is 0 Å². The minimum atomic E-state index is -3.62. The number of sulfonamides is 1. The van der Waals surface area contributed by atoms with Gasteiger partial charge in [-0.05, 0) is 49.9 Å². The minimum absolute atomic E-state index is 0.271. The van der Waals surface area contributed by atoms with E-state index in [9.17, 15) is 8.42 Å². The molecule has 0 spiro atoms. The molecular formula is C15H26N2O3S. The number of benzene rings is 1. The van der Waals surface area contributed by atoms with E-state index in [0.29, 0.717) is 24.2 Å². The molecule has 6 heteroatoms. The molecule has 3 N–H and O–H groups in total. The Bertz CT molecular complexity index is 585. The van der Waals surface area contributed by atoms with Gasteiger partial charge in [0, 0.05) is 12.1 Å². The number of ether oxygens (including phenoxy) is 1. The molecule has 0 atom stereocenters. The average molecular weight is 314 g/mol. The van der Waals surface area contributed by atoms with Gasteiger partial charge in [0.2, 0.25) is 10.0 Å². The molecule has 21 heavy (non-hydrogen) atoms. The Morgan fingerprint density at radius 3 is 2.19 bits per heavy atom. The Balaban J connectivity index is 3.29. The molecule has 120 valence electrons. The summed E-state index contributed by atoms with van der Waals surface area (Å²) in [6, 6.07) is 3.38. The second-order valence-electron chi connectivity index (χ2n) is 5.38. The Labute approximate surface area is 127 Å². The van der Waals surface area contributed by atoms with E-state index in [0.717, 1.165) is 5.56 Å². The van der Waals surface area contributed by atoms with Gasteiger partial charge in [-0.15, -0.1) is 0 Å². The largest absolute Gasteiger partial charge is 0.496 e. The van der Waals surface area contributed by atoms with Crippen LogP contribution in [0.5, 0.6) is 5.75 Å². The Morgan fingerprint density at radius 1 is 1.19 bits per heavy atom. The van der Waals surface area contributed by atoms with E-state index in [1.165, 1.54) is 0 Å². The predicted molar refractivity (Wildman–Crippen MR) is 85.2 cm³/mol. The van der Waals surface area contributed by atoms with E-state index in [4.69, 9.17) is 10.5 Å².